The summed E-state index contributed by atoms with van der Waals surface area (Å²) in [6, 6.07) is 2.52. The first kappa shape index (κ1) is 31.8. The Bertz CT molecular complexity index is 2140. The Balaban J connectivity index is 0.978. The van der Waals surface area contributed by atoms with Gasteiger partial charge in [0.25, 0.3) is 5.56 Å². The fourth-order valence-corrected chi connectivity index (χ4v) is 10.4. The van der Waals surface area contributed by atoms with Crippen molar-refractivity contribution in [3.8, 4) is 11.4 Å². The molecule has 2 aromatic heterocycles. The molecule has 7 aliphatic rings. The van der Waals surface area contributed by atoms with E-state index >= 15 is 4.39 Å². The second kappa shape index (κ2) is 10.8. The van der Waals surface area contributed by atoms with Crippen LogP contribution in [-0.2, 0) is 54.0 Å². The highest BCUT2D eigenvalue weighted by Crippen LogP contribution is 2.59. The molecule has 4 aliphatic carbocycles. The molecule has 4 fully saturated rings. The lowest BCUT2D eigenvalue weighted by atomic mass is 9.81. The highest BCUT2D eigenvalue weighted by Gasteiger charge is 2.63. The van der Waals surface area contributed by atoms with Crippen LogP contribution >= 0.6 is 0 Å². The summed E-state index contributed by atoms with van der Waals surface area (Å²) in [4.78, 5) is 57.1. The third kappa shape index (κ3) is 4.44. The van der Waals surface area contributed by atoms with E-state index in [2.05, 4.69) is 5.32 Å². The quantitative estimate of drug-likeness (QED) is 0.211. The molecule has 2 bridgehead atoms. The van der Waals surface area contributed by atoms with Crippen LogP contribution in [0.15, 0.2) is 16.9 Å². The first-order valence-corrected chi connectivity index (χ1v) is 18.4. The van der Waals surface area contributed by atoms with E-state index in [1.54, 1.807) is 24.5 Å². The summed E-state index contributed by atoms with van der Waals surface area (Å²) in [5.41, 5.74) is 2.17. The van der Waals surface area contributed by atoms with E-state index in [0.717, 1.165) is 47.8 Å². The molecule has 12 nitrogen and oxygen atoms in total. The van der Waals surface area contributed by atoms with Crippen LogP contribution in [0.5, 0.6) is 0 Å². The number of carbonyl (C=O) groups is 2. The van der Waals surface area contributed by atoms with Gasteiger partial charge in [0, 0.05) is 47.8 Å². The summed E-state index contributed by atoms with van der Waals surface area (Å²) in [6.07, 6.45) is 6.68. The number of nitrogens with one attached hydrogen (secondary N) is 1. The number of amides is 1. The Kier molecular flexibility index (Phi) is 6.74. The number of hydrogen-bond donors (Lipinski definition) is 2. The fraction of sp³-hybridized carbons (Fsp3) is 0.579. The van der Waals surface area contributed by atoms with E-state index in [1.165, 1.54) is 12.5 Å². The lowest BCUT2D eigenvalue weighted by Gasteiger charge is -2.37. The summed E-state index contributed by atoms with van der Waals surface area (Å²) >= 11 is 0. The van der Waals surface area contributed by atoms with E-state index in [4.69, 9.17) is 29.0 Å². The normalized spacial score (nSPS) is 34.2. The van der Waals surface area contributed by atoms with E-state index in [-0.39, 0.29) is 36.5 Å². The Hall–Kier alpha value is -3.91. The van der Waals surface area contributed by atoms with Crippen LogP contribution in [0.2, 0.25) is 0 Å². The molecule has 3 aliphatic heterocycles. The van der Waals surface area contributed by atoms with Gasteiger partial charge in [0.15, 0.2) is 5.60 Å². The average molecular weight is 702 g/mol. The molecule has 2 N–H and O–H groups in total. The summed E-state index contributed by atoms with van der Waals surface area (Å²) in [5.74, 6) is -1.88. The molecule has 2 spiro atoms. The summed E-state index contributed by atoms with van der Waals surface area (Å²) in [7, 11) is 0. The number of esters is 1. The van der Waals surface area contributed by atoms with Gasteiger partial charge in [-0.1, -0.05) is 6.92 Å². The van der Waals surface area contributed by atoms with Crippen LogP contribution in [0, 0.1) is 24.6 Å². The molecule has 1 aromatic carbocycles. The van der Waals surface area contributed by atoms with Gasteiger partial charge in [-0.2, -0.15) is 9.78 Å². The van der Waals surface area contributed by atoms with Gasteiger partial charge >= 0.3 is 12.1 Å². The second-order valence-corrected chi connectivity index (χ2v) is 15.7. The van der Waals surface area contributed by atoms with Crippen LogP contribution in [0.3, 0.4) is 0 Å². The Labute approximate surface area is 292 Å². The minimum atomic E-state index is -1.98. The average Bonchev–Trinajstić information content (AvgIpc) is 3.89. The number of aliphatic hydroxyl groups is 1. The molecular weight excluding hydrogens is 661 g/mol. The largest absolute Gasteiger partial charge is 0.458 e. The second-order valence-electron chi connectivity index (χ2n) is 15.7. The Morgan fingerprint density at radius 3 is 2.78 bits per heavy atom. The monoisotopic (exact) mass is 701 g/mol. The molecule has 10 rings (SSSR count). The van der Waals surface area contributed by atoms with Crippen molar-refractivity contribution < 1.29 is 43.1 Å². The van der Waals surface area contributed by atoms with Gasteiger partial charge in [0.2, 0.25) is 11.6 Å². The maximum absolute atomic E-state index is 15.3. The number of halogens is 1. The maximum Gasteiger partial charge on any atom is 0.407 e. The standard InChI is InChI=1S/C38H40FN3O9/c1-3-37(46)25-12-29-32-23(16-42(29)33(43)24(25)17-47-34(37)44)31-27(9-8-22-18(2)26(39)13-28(40-32)30(22)31)41-35(45)48-21-5-4-10-36(15-21)49-38(51-50-36)14-19-6-7-20(38)11-19/h12-13,19-21,27,46H,3-11,14-17H2,1-2H3,(H,41,45)/t19?,20?,21-,27+,36-,37+,38?/m1/s1. The van der Waals surface area contributed by atoms with Crippen LogP contribution in [0.1, 0.15) is 111 Å². The van der Waals surface area contributed by atoms with Crippen LogP contribution in [0.25, 0.3) is 22.3 Å². The number of aryl methyl sites for hydroxylation is 1. The number of aromatic nitrogens is 2. The predicted octanol–water partition coefficient (Wildman–Crippen LogP) is 5.37. The highest BCUT2D eigenvalue weighted by molar-refractivity contribution is 5.93. The van der Waals surface area contributed by atoms with Crippen molar-refractivity contribution in [1.82, 2.24) is 14.9 Å². The molecule has 0 radical (unpaired) electrons. The van der Waals surface area contributed by atoms with Crippen molar-refractivity contribution in [3.63, 3.8) is 0 Å². The summed E-state index contributed by atoms with van der Waals surface area (Å²) < 4.78 is 34.8. The van der Waals surface area contributed by atoms with Gasteiger partial charge in [0.05, 0.1) is 35.1 Å². The van der Waals surface area contributed by atoms with Crippen molar-refractivity contribution in [3.05, 3.63) is 61.7 Å². The number of ether oxygens (including phenoxy) is 3. The zero-order chi connectivity index (χ0) is 35.0. The number of rotatable bonds is 3. The molecule has 1 amide bonds. The number of benzene rings is 1. The van der Waals surface area contributed by atoms with E-state index < -0.39 is 46.9 Å². The minimum Gasteiger partial charge on any atom is -0.458 e. The molecule has 3 unspecified atom stereocenters. The number of alkyl carbamates (subject to hydrolysis) is 1. The Morgan fingerprint density at radius 2 is 2.00 bits per heavy atom. The summed E-state index contributed by atoms with van der Waals surface area (Å²) in [5, 5.41) is 15.2. The smallest absolute Gasteiger partial charge is 0.407 e. The van der Waals surface area contributed by atoms with Crippen LogP contribution in [-0.4, -0.2) is 44.4 Å². The molecule has 5 heterocycles. The van der Waals surface area contributed by atoms with Gasteiger partial charge in [-0.15, -0.1) is 0 Å². The molecule has 3 aromatic rings. The number of hydrogen-bond acceptors (Lipinski definition) is 10. The molecule has 1 saturated heterocycles. The minimum absolute atomic E-state index is 0.0161. The predicted molar refractivity (Wildman–Crippen MR) is 176 cm³/mol. The van der Waals surface area contributed by atoms with Gasteiger partial charge in [0.1, 0.15) is 18.5 Å². The number of pyridine rings is 2. The number of carbonyl (C=O) groups excluding carboxylic acids is 2. The molecular formula is C38H40FN3O9. The van der Waals surface area contributed by atoms with E-state index in [1.807, 2.05) is 0 Å². The van der Waals surface area contributed by atoms with Gasteiger partial charge < -0.3 is 29.2 Å². The first-order valence-electron chi connectivity index (χ1n) is 18.4. The zero-order valence-electron chi connectivity index (χ0n) is 28.6. The molecule has 13 heteroatoms. The highest BCUT2D eigenvalue weighted by atomic mass is 19.1. The van der Waals surface area contributed by atoms with Gasteiger partial charge in [-0.25, -0.2) is 19.0 Å². The zero-order valence-corrected chi connectivity index (χ0v) is 28.6. The lowest BCUT2D eigenvalue weighted by Crippen LogP contribution is -2.45. The van der Waals surface area contributed by atoms with E-state index in [0.29, 0.717) is 66.4 Å². The lowest BCUT2D eigenvalue weighted by molar-refractivity contribution is -0.363. The molecule has 51 heavy (non-hydrogen) atoms. The maximum atomic E-state index is 15.3. The van der Waals surface area contributed by atoms with Gasteiger partial charge in [-0.05, 0) is 87.0 Å². The first-order chi connectivity index (χ1) is 24.5. The van der Waals surface area contributed by atoms with Gasteiger partial charge in [-0.3, -0.25) is 4.79 Å². The van der Waals surface area contributed by atoms with Crippen molar-refractivity contribution in [2.75, 3.05) is 0 Å². The third-order valence-corrected chi connectivity index (χ3v) is 13.0. The van der Waals surface area contributed by atoms with E-state index in [9.17, 15) is 19.5 Å². The molecule has 7 atom stereocenters. The molecule has 268 valence electrons. The van der Waals surface area contributed by atoms with Crippen molar-refractivity contribution >= 4 is 23.0 Å². The molecule has 3 saturated carbocycles. The van der Waals surface area contributed by atoms with Crippen molar-refractivity contribution in [1.29, 1.82) is 0 Å². The summed E-state index contributed by atoms with van der Waals surface area (Å²) in [6.45, 7) is 3.30. The number of cyclic esters (lactones) is 1. The topological polar surface area (TPSA) is 147 Å². The van der Waals surface area contributed by atoms with Crippen LogP contribution in [0.4, 0.5) is 9.18 Å². The SMILES string of the molecule is CC[C@@]1(O)C(=O)OCc2c1cc1n(c2=O)Cc2c-1nc1cc(F)c(C)c3c1c2[C@@H](NC(=O)O[C@@H]1CCC[C@]2(C1)OOC1(CC4CCC1C4)O2)CC3. The van der Waals surface area contributed by atoms with Crippen molar-refractivity contribution in [2.24, 2.45) is 11.8 Å². The van der Waals surface area contributed by atoms with Crippen LogP contribution < -0.4 is 10.9 Å². The Morgan fingerprint density at radius 1 is 1.14 bits per heavy atom. The number of nitrogens with zero attached hydrogens (tertiary/aromatic N) is 2. The third-order valence-electron chi connectivity index (χ3n) is 13.0. The van der Waals surface area contributed by atoms with Crippen molar-refractivity contribution in [2.45, 2.75) is 127 Å². The fourth-order valence-electron chi connectivity index (χ4n) is 10.4. The number of fused-ring (bicyclic) bond motifs is 8.